The number of alkyl carbamates (subject to hydrolysis) is 2. The van der Waals surface area contributed by atoms with Crippen LogP contribution >= 0.6 is 0 Å². The number of nitrogens with one attached hydrogen (secondary N) is 4. The second-order valence-electron chi connectivity index (χ2n) is 11.7. The van der Waals surface area contributed by atoms with Crippen molar-refractivity contribution in [1.29, 1.82) is 0 Å². The van der Waals surface area contributed by atoms with E-state index >= 15 is 0 Å². The molecule has 2 unspecified atom stereocenters. The minimum Gasteiger partial charge on any atom is -0.497 e. The van der Waals surface area contributed by atoms with Gasteiger partial charge in [-0.2, -0.15) is 0 Å². The molecule has 47 heavy (non-hydrogen) atoms. The van der Waals surface area contributed by atoms with Crippen molar-refractivity contribution in [3.8, 4) is 5.75 Å². The molecule has 13 heteroatoms. The van der Waals surface area contributed by atoms with Crippen molar-refractivity contribution in [1.82, 2.24) is 26.4 Å². The van der Waals surface area contributed by atoms with E-state index in [0.29, 0.717) is 5.75 Å². The van der Waals surface area contributed by atoms with Crippen LogP contribution in [0.1, 0.15) is 52.7 Å². The fourth-order valence-electron chi connectivity index (χ4n) is 4.77. The van der Waals surface area contributed by atoms with Gasteiger partial charge in [0.25, 0.3) is 5.91 Å². The summed E-state index contributed by atoms with van der Waals surface area (Å²) in [5.74, 6) is -0.894. The topological polar surface area (TPSA) is 168 Å². The molecule has 0 aromatic heterocycles. The molecule has 4 amide bonds. The molecular formula is C34H51N5O8. The second kappa shape index (κ2) is 20.0. The summed E-state index contributed by atoms with van der Waals surface area (Å²) in [6.07, 6.45) is -2.36. The summed E-state index contributed by atoms with van der Waals surface area (Å²) < 4.78 is 15.2. The van der Waals surface area contributed by atoms with Crippen molar-refractivity contribution in [2.75, 3.05) is 26.9 Å². The molecular weight excluding hydrogens is 606 g/mol. The molecule has 0 spiro atoms. The molecule has 0 aliphatic rings. The number of aliphatic hydroxyl groups is 1. The van der Waals surface area contributed by atoms with Gasteiger partial charge in [0.05, 0.1) is 32.5 Å². The number of hydrogen-bond acceptors (Lipinski definition) is 9. The summed E-state index contributed by atoms with van der Waals surface area (Å²) in [6.45, 7) is 10.9. The Hall–Kier alpha value is -4.36. The third-order valence-corrected chi connectivity index (χ3v) is 7.29. The average molecular weight is 658 g/mol. The van der Waals surface area contributed by atoms with Crippen LogP contribution in [0, 0.1) is 11.8 Å². The highest BCUT2D eigenvalue weighted by Crippen LogP contribution is 2.15. The van der Waals surface area contributed by atoms with E-state index in [-0.39, 0.29) is 44.6 Å². The number of benzene rings is 2. The summed E-state index contributed by atoms with van der Waals surface area (Å²) in [5, 5.41) is 21.4. The van der Waals surface area contributed by atoms with Crippen LogP contribution in [-0.2, 0) is 32.0 Å². The zero-order valence-electron chi connectivity index (χ0n) is 28.4. The first-order valence-corrected chi connectivity index (χ1v) is 16.0. The zero-order chi connectivity index (χ0) is 34.9. The van der Waals surface area contributed by atoms with Gasteiger partial charge in [0.1, 0.15) is 17.8 Å². The average Bonchev–Trinajstić information content (AvgIpc) is 3.02. The van der Waals surface area contributed by atoms with Gasteiger partial charge in [-0.1, -0.05) is 70.2 Å². The summed E-state index contributed by atoms with van der Waals surface area (Å²) in [4.78, 5) is 51.4. The van der Waals surface area contributed by atoms with Gasteiger partial charge in [0.2, 0.25) is 5.91 Å². The fraction of sp³-hybridized carbons (Fsp3) is 0.529. The van der Waals surface area contributed by atoms with Crippen molar-refractivity contribution in [2.24, 2.45) is 11.8 Å². The maximum Gasteiger partial charge on any atom is 0.407 e. The molecule has 0 radical (unpaired) electrons. The van der Waals surface area contributed by atoms with Crippen LogP contribution < -0.4 is 26.1 Å². The van der Waals surface area contributed by atoms with Gasteiger partial charge in [-0.25, -0.2) is 14.6 Å². The lowest BCUT2D eigenvalue weighted by Gasteiger charge is -2.33. The van der Waals surface area contributed by atoms with E-state index in [1.54, 1.807) is 60.8 Å². The highest BCUT2D eigenvalue weighted by molar-refractivity contribution is 5.86. The Labute approximate surface area is 277 Å². The van der Waals surface area contributed by atoms with E-state index in [0.717, 1.165) is 11.1 Å². The largest absolute Gasteiger partial charge is 0.497 e. The van der Waals surface area contributed by atoms with Gasteiger partial charge in [0.15, 0.2) is 0 Å². The van der Waals surface area contributed by atoms with Gasteiger partial charge in [-0.3, -0.25) is 15.0 Å². The first kappa shape index (κ1) is 38.8. The molecule has 0 bridgehead atoms. The number of methoxy groups -OCH3 is 1. The zero-order valence-corrected chi connectivity index (χ0v) is 28.4. The Morgan fingerprint density at radius 2 is 1.28 bits per heavy atom. The van der Waals surface area contributed by atoms with E-state index in [9.17, 15) is 24.3 Å². The van der Waals surface area contributed by atoms with Crippen LogP contribution in [0.25, 0.3) is 0 Å². The number of amides is 4. The number of carbonyl (C=O) groups excluding carboxylic acids is 4. The van der Waals surface area contributed by atoms with Crippen molar-refractivity contribution in [2.45, 2.75) is 78.7 Å². The lowest BCUT2D eigenvalue weighted by Crippen LogP contribution is -2.59. The summed E-state index contributed by atoms with van der Waals surface area (Å²) in [6, 6.07) is 13.9. The van der Waals surface area contributed by atoms with E-state index in [2.05, 4.69) is 21.4 Å². The van der Waals surface area contributed by atoms with Crippen LogP contribution in [0.4, 0.5) is 9.59 Å². The minimum atomic E-state index is -1.19. The Morgan fingerprint density at radius 1 is 0.745 bits per heavy atom. The first-order valence-electron chi connectivity index (χ1n) is 16.0. The number of hydrazine groups is 1. The molecule has 0 aliphatic heterocycles. The van der Waals surface area contributed by atoms with Gasteiger partial charge in [0, 0.05) is 13.1 Å². The standard InChI is InChI=1S/C34H51N5O8/c1-8-46-33(43)36-29(22(3)4)31(41)35-27(19-24-13-11-10-12-14-24)28(40)21-39(20-25-15-17-26(45-7)18-16-25)38-32(42)30(23(5)6)37-34(44)47-9-2/h10-18,22-23,27-30,40H,8-9,19-21H2,1-7H3,(H,35,41)(H,36,43)(H,37,44)(H,38,42)/t27?,28?,29-,30-/m0/s1. The molecule has 2 rings (SSSR count). The van der Waals surface area contributed by atoms with Gasteiger partial charge in [-0.15, -0.1) is 0 Å². The monoisotopic (exact) mass is 657 g/mol. The predicted octanol–water partition coefficient (Wildman–Crippen LogP) is 3.16. The summed E-state index contributed by atoms with van der Waals surface area (Å²) in [7, 11) is 1.56. The van der Waals surface area contributed by atoms with Crippen molar-refractivity contribution >= 4 is 24.0 Å². The second-order valence-corrected chi connectivity index (χ2v) is 11.7. The van der Waals surface area contributed by atoms with Crippen LogP contribution in [0.5, 0.6) is 5.75 Å². The van der Waals surface area contributed by atoms with E-state index in [1.807, 2.05) is 42.5 Å². The quantitative estimate of drug-likeness (QED) is 0.151. The Balaban J connectivity index is 2.38. The van der Waals surface area contributed by atoms with Crippen LogP contribution in [0.2, 0.25) is 0 Å². The maximum atomic E-state index is 13.5. The minimum absolute atomic E-state index is 0.0998. The molecule has 13 nitrogen and oxygen atoms in total. The maximum absolute atomic E-state index is 13.5. The normalized spacial score (nSPS) is 13.7. The summed E-state index contributed by atoms with van der Waals surface area (Å²) >= 11 is 0. The van der Waals surface area contributed by atoms with Crippen LogP contribution in [0.3, 0.4) is 0 Å². The summed E-state index contributed by atoms with van der Waals surface area (Å²) in [5.41, 5.74) is 4.52. The SMILES string of the molecule is CCOC(=O)N[C@H](C(=O)NC(Cc1ccccc1)C(O)CN(Cc1ccc(OC)cc1)NC(=O)[C@@H](NC(=O)OCC)C(C)C)C(C)C. The van der Waals surface area contributed by atoms with Gasteiger partial charge < -0.3 is 35.3 Å². The fourth-order valence-corrected chi connectivity index (χ4v) is 4.77. The number of carbonyl (C=O) groups is 4. The number of rotatable bonds is 18. The number of nitrogens with zero attached hydrogens (tertiary/aromatic N) is 1. The molecule has 260 valence electrons. The third-order valence-electron chi connectivity index (χ3n) is 7.29. The van der Waals surface area contributed by atoms with Gasteiger partial charge in [-0.05, 0) is 55.4 Å². The van der Waals surface area contributed by atoms with Crippen molar-refractivity contribution in [3.63, 3.8) is 0 Å². The molecule has 5 N–H and O–H groups in total. The van der Waals surface area contributed by atoms with Crippen molar-refractivity contribution < 1.29 is 38.5 Å². The van der Waals surface area contributed by atoms with E-state index in [4.69, 9.17) is 14.2 Å². The molecule has 2 aromatic rings. The number of ether oxygens (including phenoxy) is 3. The number of hydrogen-bond donors (Lipinski definition) is 5. The molecule has 0 saturated carbocycles. The van der Waals surface area contributed by atoms with Crippen LogP contribution in [0.15, 0.2) is 54.6 Å². The Bertz CT molecular complexity index is 1260. The molecule has 0 aliphatic carbocycles. The Kier molecular flexibility index (Phi) is 16.5. The predicted molar refractivity (Wildman–Crippen MR) is 177 cm³/mol. The molecule has 0 saturated heterocycles. The third kappa shape index (κ3) is 13.5. The smallest absolute Gasteiger partial charge is 0.407 e. The highest BCUT2D eigenvalue weighted by atomic mass is 16.6. The van der Waals surface area contributed by atoms with E-state index < -0.39 is 48.2 Å². The van der Waals surface area contributed by atoms with E-state index in [1.165, 1.54) is 5.01 Å². The lowest BCUT2D eigenvalue weighted by atomic mass is 9.98. The first-order chi connectivity index (χ1) is 22.4. The molecule has 2 aromatic carbocycles. The highest BCUT2D eigenvalue weighted by Gasteiger charge is 2.32. The molecule has 0 fully saturated rings. The van der Waals surface area contributed by atoms with Crippen LogP contribution in [-0.4, -0.2) is 85.2 Å². The van der Waals surface area contributed by atoms with Crippen molar-refractivity contribution in [3.05, 3.63) is 65.7 Å². The number of aliphatic hydroxyl groups excluding tert-OH is 1. The van der Waals surface area contributed by atoms with Gasteiger partial charge >= 0.3 is 12.2 Å². The lowest BCUT2D eigenvalue weighted by molar-refractivity contribution is -0.131. The molecule has 0 heterocycles. The molecule has 4 atom stereocenters. The Morgan fingerprint density at radius 3 is 1.77 bits per heavy atom.